The first-order chi connectivity index (χ1) is 7.00. The Morgan fingerprint density at radius 2 is 2.00 bits per heavy atom. The van der Waals surface area contributed by atoms with Crippen LogP contribution in [0.15, 0.2) is 0 Å². The van der Waals surface area contributed by atoms with Gasteiger partial charge in [-0.25, -0.2) is 0 Å². The van der Waals surface area contributed by atoms with Gasteiger partial charge in [-0.15, -0.1) is 0 Å². The highest BCUT2D eigenvalue weighted by Gasteiger charge is 2.22. The predicted octanol–water partition coefficient (Wildman–Crippen LogP) is 2.35. The topological polar surface area (TPSA) is 15.3 Å². The van der Waals surface area contributed by atoms with Crippen LogP contribution in [-0.4, -0.2) is 37.1 Å². The number of nitrogens with zero attached hydrogens (tertiary/aromatic N) is 1. The fraction of sp³-hybridized carbons (Fsp3) is 1.00. The molecule has 0 amide bonds. The molecule has 1 heterocycles. The number of rotatable bonds is 4. The summed E-state index contributed by atoms with van der Waals surface area (Å²) >= 11 is 0. The lowest BCUT2D eigenvalue weighted by molar-refractivity contribution is 0.155. The molecule has 0 spiro atoms. The molecule has 15 heavy (non-hydrogen) atoms. The summed E-state index contributed by atoms with van der Waals surface area (Å²) in [6, 6.07) is 1.42. The Labute approximate surface area is 95.4 Å². The minimum absolute atomic E-state index is 0.704. The Bertz CT molecular complexity index is 179. The van der Waals surface area contributed by atoms with Crippen molar-refractivity contribution >= 4 is 0 Å². The van der Waals surface area contributed by atoms with Gasteiger partial charge in [0.15, 0.2) is 0 Å². The van der Waals surface area contributed by atoms with Crippen molar-refractivity contribution in [1.29, 1.82) is 0 Å². The summed E-state index contributed by atoms with van der Waals surface area (Å²) in [7, 11) is 2.28. The van der Waals surface area contributed by atoms with Gasteiger partial charge in [-0.3, -0.25) is 0 Å². The van der Waals surface area contributed by atoms with Crippen molar-refractivity contribution in [3.63, 3.8) is 0 Å². The zero-order valence-electron chi connectivity index (χ0n) is 11.1. The van der Waals surface area contributed by atoms with E-state index in [0.717, 1.165) is 11.8 Å². The van der Waals surface area contributed by atoms with Crippen LogP contribution in [0, 0.1) is 11.8 Å². The van der Waals surface area contributed by atoms with Gasteiger partial charge in [-0.05, 0) is 52.1 Å². The van der Waals surface area contributed by atoms with Crippen LogP contribution in [0.5, 0.6) is 0 Å². The van der Waals surface area contributed by atoms with Gasteiger partial charge in [0.2, 0.25) is 0 Å². The summed E-state index contributed by atoms with van der Waals surface area (Å²) in [5.74, 6) is 1.65. The molecule has 1 rings (SSSR count). The lowest BCUT2D eigenvalue weighted by Crippen LogP contribution is -2.42. The van der Waals surface area contributed by atoms with Crippen molar-refractivity contribution in [3.05, 3.63) is 0 Å². The standard InChI is InChI=1S/C13H28N2/c1-10(2)12(4)15(5)9-13-6-7-14-11(3)8-13/h10-14H,6-9H2,1-5H3. The number of hydrogen-bond donors (Lipinski definition) is 1. The monoisotopic (exact) mass is 212 g/mol. The molecule has 2 nitrogen and oxygen atoms in total. The van der Waals surface area contributed by atoms with Crippen LogP contribution < -0.4 is 5.32 Å². The van der Waals surface area contributed by atoms with Crippen LogP contribution in [0.25, 0.3) is 0 Å². The Hall–Kier alpha value is -0.0800. The third kappa shape index (κ3) is 4.12. The second kappa shape index (κ2) is 5.86. The molecular formula is C13H28N2. The van der Waals surface area contributed by atoms with Crippen LogP contribution in [0.4, 0.5) is 0 Å². The predicted molar refractivity (Wildman–Crippen MR) is 67.1 cm³/mol. The first-order valence-electron chi connectivity index (χ1n) is 6.44. The van der Waals surface area contributed by atoms with Gasteiger partial charge < -0.3 is 10.2 Å². The molecule has 1 aliphatic rings. The van der Waals surface area contributed by atoms with E-state index in [2.05, 4.69) is 45.0 Å². The molecule has 0 radical (unpaired) electrons. The maximum Gasteiger partial charge on any atom is 0.00869 e. The van der Waals surface area contributed by atoms with Crippen molar-refractivity contribution in [2.75, 3.05) is 20.1 Å². The highest BCUT2D eigenvalue weighted by molar-refractivity contribution is 4.78. The van der Waals surface area contributed by atoms with E-state index in [1.165, 1.54) is 25.9 Å². The molecule has 0 aromatic carbocycles. The van der Waals surface area contributed by atoms with Gasteiger partial charge in [0, 0.05) is 18.6 Å². The summed E-state index contributed by atoms with van der Waals surface area (Å²) in [5.41, 5.74) is 0. The smallest absolute Gasteiger partial charge is 0.00869 e. The SMILES string of the molecule is CC1CC(CN(C)C(C)C(C)C)CCN1. The van der Waals surface area contributed by atoms with Gasteiger partial charge >= 0.3 is 0 Å². The van der Waals surface area contributed by atoms with E-state index < -0.39 is 0 Å². The zero-order chi connectivity index (χ0) is 11.4. The van der Waals surface area contributed by atoms with Gasteiger partial charge in [-0.1, -0.05) is 13.8 Å². The molecule has 2 heteroatoms. The van der Waals surface area contributed by atoms with Crippen molar-refractivity contribution in [3.8, 4) is 0 Å². The molecule has 1 fully saturated rings. The van der Waals surface area contributed by atoms with E-state index >= 15 is 0 Å². The number of piperidine rings is 1. The Morgan fingerprint density at radius 3 is 2.53 bits per heavy atom. The highest BCUT2D eigenvalue weighted by Crippen LogP contribution is 2.19. The Morgan fingerprint density at radius 1 is 1.33 bits per heavy atom. The molecule has 3 unspecified atom stereocenters. The average molecular weight is 212 g/mol. The van der Waals surface area contributed by atoms with E-state index in [0.29, 0.717) is 12.1 Å². The third-order valence-electron chi connectivity index (χ3n) is 3.94. The molecule has 0 bridgehead atoms. The fourth-order valence-corrected chi connectivity index (χ4v) is 2.48. The van der Waals surface area contributed by atoms with Crippen LogP contribution in [0.1, 0.15) is 40.5 Å². The van der Waals surface area contributed by atoms with Crippen LogP contribution in [0.3, 0.4) is 0 Å². The molecule has 0 aliphatic carbocycles. The second-order valence-corrected chi connectivity index (χ2v) is 5.67. The first-order valence-corrected chi connectivity index (χ1v) is 6.44. The summed E-state index contributed by atoms with van der Waals surface area (Å²) < 4.78 is 0. The largest absolute Gasteiger partial charge is 0.314 e. The summed E-state index contributed by atoms with van der Waals surface area (Å²) in [4.78, 5) is 2.54. The van der Waals surface area contributed by atoms with E-state index in [4.69, 9.17) is 0 Å². The quantitative estimate of drug-likeness (QED) is 0.769. The first kappa shape index (κ1) is 13.0. The minimum Gasteiger partial charge on any atom is -0.314 e. The highest BCUT2D eigenvalue weighted by atomic mass is 15.1. The second-order valence-electron chi connectivity index (χ2n) is 5.67. The van der Waals surface area contributed by atoms with E-state index in [9.17, 15) is 0 Å². The fourth-order valence-electron chi connectivity index (χ4n) is 2.48. The zero-order valence-corrected chi connectivity index (χ0v) is 11.1. The molecule has 3 atom stereocenters. The maximum atomic E-state index is 3.52. The van der Waals surface area contributed by atoms with Gasteiger partial charge in [0.1, 0.15) is 0 Å². The maximum absolute atomic E-state index is 3.52. The molecular weight excluding hydrogens is 184 g/mol. The summed E-state index contributed by atoms with van der Waals surface area (Å²) in [6.07, 6.45) is 2.69. The van der Waals surface area contributed by atoms with Crippen LogP contribution in [0.2, 0.25) is 0 Å². The number of nitrogens with one attached hydrogen (secondary N) is 1. The molecule has 1 aliphatic heterocycles. The molecule has 0 aromatic heterocycles. The third-order valence-corrected chi connectivity index (χ3v) is 3.94. The van der Waals surface area contributed by atoms with E-state index in [1.54, 1.807) is 0 Å². The molecule has 0 saturated carbocycles. The van der Waals surface area contributed by atoms with Crippen molar-refractivity contribution in [2.24, 2.45) is 11.8 Å². The summed E-state index contributed by atoms with van der Waals surface area (Å²) in [6.45, 7) is 11.7. The molecule has 1 N–H and O–H groups in total. The van der Waals surface area contributed by atoms with Crippen LogP contribution >= 0.6 is 0 Å². The van der Waals surface area contributed by atoms with Crippen molar-refractivity contribution in [2.45, 2.75) is 52.6 Å². The Balaban J connectivity index is 2.33. The van der Waals surface area contributed by atoms with Gasteiger partial charge in [0.05, 0.1) is 0 Å². The lowest BCUT2D eigenvalue weighted by Gasteiger charge is -2.35. The van der Waals surface area contributed by atoms with Gasteiger partial charge in [-0.2, -0.15) is 0 Å². The summed E-state index contributed by atoms with van der Waals surface area (Å²) in [5, 5.41) is 3.52. The minimum atomic E-state index is 0.704. The van der Waals surface area contributed by atoms with Crippen molar-refractivity contribution in [1.82, 2.24) is 10.2 Å². The molecule has 1 saturated heterocycles. The van der Waals surface area contributed by atoms with Crippen LogP contribution in [-0.2, 0) is 0 Å². The normalized spacial score (nSPS) is 29.8. The van der Waals surface area contributed by atoms with Gasteiger partial charge in [0.25, 0.3) is 0 Å². The lowest BCUT2D eigenvalue weighted by atomic mass is 9.92. The van der Waals surface area contributed by atoms with E-state index in [-0.39, 0.29) is 0 Å². The Kier molecular flexibility index (Phi) is 5.07. The average Bonchev–Trinajstić information content (AvgIpc) is 2.16. The van der Waals surface area contributed by atoms with E-state index in [1.807, 2.05) is 0 Å². The molecule has 90 valence electrons. The number of hydrogen-bond acceptors (Lipinski definition) is 2. The molecule has 0 aromatic rings. The van der Waals surface area contributed by atoms with Crippen molar-refractivity contribution < 1.29 is 0 Å².